The maximum absolute atomic E-state index is 5.47. The van der Waals surface area contributed by atoms with Crippen LogP contribution in [0.25, 0.3) is 0 Å². The van der Waals surface area contributed by atoms with Crippen LogP contribution >= 0.6 is 0 Å². The van der Waals surface area contributed by atoms with Crippen LogP contribution in [0.2, 0.25) is 0 Å². The van der Waals surface area contributed by atoms with Crippen molar-refractivity contribution < 1.29 is 4.74 Å². The van der Waals surface area contributed by atoms with Crippen molar-refractivity contribution in [1.82, 2.24) is 10.2 Å². The number of nitrogens with zero attached hydrogens (tertiary/aromatic N) is 1. The van der Waals surface area contributed by atoms with Gasteiger partial charge in [0, 0.05) is 26.2 Å². The van der Waals surface area contributed by atoms with Crippen molar-refractivity contribution in [3.8, 4) is 0 Å². The summed E-state index contributed by atoms with van der Waals surface area (Å²) in [5.41, 5.74) is -0.0272. The standard InChI is InChI=1S/C11H26N2O/c1-7-11(3,14-6)9-12-10(2)8-13(4)5/h10,12H,7-9H2,1-6H3. The molecule has 1 N–H and O–H groups in total. The first-order valence-electron chi connectivity index (χ1n) is 5.37. The third-order valence-corrected chi connectivity index (χ3v) is 2.70. The first kappa shape index (κ1) is 13.9. The zero-order valence-electron chi connectivity index (χ0n) is 10.6. The lowest BCUT2D eigenvalue weighted by molar-refractivity contribution is 0.00153. The van der Waals surface area contributed by atoms with Crippen LogP contribution < -0.4 is 5.32 Å². The van der Waals surface area contributed by atoms with Crippen LogP contribution in [0.5, 0.6) is 0 Å². The Morgan fingerprint density at radius 2 is 2.00 bits per heavy atom. The second kappa shape index (κ2) is 6.38. The molecular weight excluding hydrogens is 176 g/mol. The van der Waals surface area contributed by atoms with Crippen LogP contribution in [0.4, 0.5) is 0 Å². The van der Waals surface area contributed by atoms with E-state index < -0.39 is 0 Å². The Labute approximate surface area is 88.8 Å². The average molecular weight is 202 g/mol. The van der Waals surface area contributed by atoms with Gasteiger partial charge in [0.25, 0.3) is 0 Å². The van der Waals surface area contributed by atoms with Crippen LogP contribution in [0.1, 0.15) is 27.2 Å². The zero-order valence-corrected chi connectivity index (χ0v) is 10.6. The molecule has 86 valence electrons. The molecule has 0 saturated carbocycles. The number of likely N-dealkylation sites (N-methyl/N-ethyl adjacent to an activating group) is 1. The van der Waals surface area contributed by atoms with E-state index in [9.17, 15) is 0 Å². The molecule has 0 aromatic carbocycles. The van der Waals surface area contributed by atoms with Crippen LogP contribution in [0, 0.1) is 0 Å². The van der Waals surface area contributed by atoms with E-state index in [0.29, 0.717) is 6.04 Å². The van der Waals surface area contributed by atoms with Crippen molar-refractivity contribution in [2.75, 3.05) is 34.3 Å². The fourth-order valence-corrected chi connectivity index (χ4v) is 1.34. The lowest BCUT2D eigenvalue weighted by atomic mass is 10.0. The number of hydrogen-bond acceptors (Lipinski definition) is 3. The smallest absolute Gasteiger partial charge is 0.0772 e. The highest BCUT2D eigenvalue weighted by Gasteiger charge is 2.21. The van der Waals surface area contributed by atoms with Gasteiger partial charge in [-0.2, -0.15) is 0 Å². The van der Waals surface area contributed by atoms with E-state index in [0.717, 1.165) is 19.5 Å². The average Bonchev–Trinajstić information content (AvgIpc) is 2.13. The molecule has 14 heavy (non-hydrogen) atoms. The first-order valence-corrected chi connectivity index (χ1v) is 5.37. The second-order valence-electron chi connectivity index (χ2n) is 4.55. The Balaban J connectivity index is 3.79. The van der Waals surface area contributed by atoms with Gasteiger partial charge in [-0.1, -0.05) is 6.92 Å². The SMILES string of the molecule is CCC(C)(CNC(C)CN(C)C)OC. The number of nitrogens with one attached hydrogen (secondary N) is 1. The van der Waals surface area contributed by atoms with E-state index >= 15 is 0 Å². The largest absolute Gasteiger partial charge is 0.377 e. The molecule has 0 aliphatic heterocycles. The fourth-order valence-electron chi connectivity index (χ4n) is 1.34. The van der Waals surface area contributed by atoms with Gasteiger partial charge in [-0.15, -0.1) is 0 Å². The van der Waals surface area contributed by atoms with E-state index in [2.05, 4.69) is 45.1 Å². The maximum Gasteiger partial charge on any atom is 0.0772 e. The minimum atomic E-state index is -0.0272. The summed E-state index contributed by atoms with van der Waals surface area (Å²) in [5.74, 6) is 0. The van der Waals surface area contributed by atoms with Gasteiger partial charge in [0.05, 0.1) is 5.60 Å². The molecule has 0 heterocycles. The molecule has 0 radical (unpaired) electrons. The number of rotatable bonds is 7. The Morgan fingerprint density at radius 3 is 2.36 bits per heavy atom. The predicted molar refractivity (Wildman–Crippen MR) is 61.7 cm³/mol. The van der Waals surface area contributed by atoms with E-state index in [1.807, 2.05) is 0 Å². The van der Waals surface area contributed by atoms with Gasteiger partial charge in [-0.05, 0) is 34.4 Å². The van der Waals surface area contributed by atoms with Crippen molar-refractivity contribution in [2.24, 2.45) is 0 Å². The third-order valence-electron chi connectivity index (χ3n) is 2.70. The lowest BCUT2D eigenvalue weighted by Crippen LogP contribution is -2.45. The van der Waals surface area contributed by atoms with Crippen molar-refractivity contribution in [2.45, 2.75) is 38.8 Å². The highest BCUT2D eigenvalue weighted by Crippen LogP contribution is 2.12. The highest BCUT2D eigenvalue weighted by atomic mass is 16.5. The molecule has 0 spiro atoms. The summed E-state index contributed by atoms with van der Waals surface area (Å²) in [7, 11) is 5.96. The van der Waals surface area contributed by atoms with E-state index in [1.165, 1.54) is 0 Å². The molecule has 2 atom stereocenters. The van der Waals surface area contributed by atoms with Gasteiger partial charge in [0.15, 0.2) is 0 Å². The van der Waals surface area contributed by atoms with Crippen molar-refractivity contribution >= 4 is 0 Å². The topological polar surface area (TPSA) is 24.5 Å². The summed E-state index contributed by atoms with van der Waals surface area (Å²) in [4.78, 5) is 2.19. The fraction of sp³-hybridized carbons (Fsp3) is 1.00. The molecule has 3 nitrogen and oxygen atoms in total. The predicted octanol–water partition coefficient (Wildman–Crippen LogP) is 1.34. The Hall–Kier alpha value is -0.120. The maximum atomic E-state index is 5.47. The van der Waals surface area contributed by atoms with Gasteiger partial charge in [-0.25, -0.2) is 0 Å². The minimum Gasteiger partial charge on any atom is -0.377 e. The van der Waals surface area contributed by atoms with Gasteiger partial charge in [0.2, 0.25) is 0 Å². The van der Waals surface area contributed by atoms with Gasteiger partial charge >= 0.3 is 0 Å². The van der Waals surface area contributed by atoms with E-state index in [-0.39, 0.29) is 5.60 Å². The molecule has 0 saturated heterocycles. The zero-order chi connectivity index (χ0) is 11.2. The molecule has 0 aromatic heterocycles. The minimum absolute atomic E-state index is 0.0272. The van der Waals surface area contributed by atoms with Gasteiger partial charge in [0.1, 0.15) is 0 Å². The summed E-state index contributed by atoms with van der Waals surface area (Å²) in [6, 6.07) is 0.506. The molecule has 0 aliphatic rings. The summed E-state index contributed by atoms with van der Waals surface area (Å²) < 4.78 is 5.47. The summed E-state index contributed by atoms with van der Waals surface area (Å²) in [6.07, 6.45) is 1.03. The first-order chi connectivity index (χ1) is 6.43. The lowest BCUT2D eigenvalue weighted by Gasteiger charge is -2.29. The van der Waals surface area contributed by atoms with Crippen LogP contribution in [-0.4, -0.2) is 50.8 Å². The van der Waals surface area contributed by atoms with Gasteiger partial charge in [-0.3, -0.25) is 0 Å². The Kier molecular flexibility index (Phi) is 6.33. The highest BCUT2D eigenvalue weighted by molar-refractivity contribution is 4.78. The van der Waals surface area contributed by atoms with Crippen molar-refractivity contribution in [1.29, 1.82) is 0 Å². The molecule has 3 heteroatoms. The molecule has 0 aromatic rings. The number of ether oxygens (including phenoxy) is 1. The quantitative estimate of drug-likeness (QED) is 0.674. The van der Waals surface area contributed by atoms with Gasteiger partial charge < -0.3 is 15.0 Å². The monoisotopic (exact) mass is 202 g/mol. The molecule has 0 aliphatic carbocycles. The van der Waals surface area contributed by atoms with Crippen LogP contribution in [0.15, 0.2) is 0 Å². The summed E-state index contributed by atoms with van der Waals surface area (Å²) >= 11 is 0. The van der Waals surface area contributed by atoms with Crippen LogP contribution in [-0.2, 0) is 4.74 Å². The Morgan fingerprint density at radius 1 is 1.43 bits per heavy atom. The molecule has 0 amide bonds. The summed E-state index contributed by atoms with van der Waals surface area (Å²) in [5, 5.41) is 3.49. The van der Waals surface area contributed by atoms with E-state index in [1.54, 1.807) is 7.11 Å². The normalized spacial score (nSPS) is 18.2. The van der Waals surface area contributed by atoms with Crippen molar-refractivity contribution in [3.05, 3.63) is 0 Å². The molecule has 0 bridgehead atoms. The number of hydrogen-bond donors (Lipinski definition) is 1. The second-order valence-corrected chi connectivity index (χ2v) is 4.55. The van der Waals surface area contributed by atoms with E-state index in [4.69, 9.17) is 4.74 Å². The third kappa shape index (κ3) is 5.58. The summed E-state index contributed by atoms with van der Waals surface area (Å²) in [6.45, 7) is 8.47. The van der Waals surface area contributed by atoms with Crippen molar-refractivity contribution in [3.63, 3.8) is 0 Å². The number of methoxy groups -OCH3 is 1. The van der Waals surface area contributed by atoms with Crippen LogP contribution in [0.3, 0.4) is 0 Å². The Bertz CT molecular complexity index is 144. The molecule has 0 fully saturated rings. The molecular formula is C11H26N2O. The molecule has 0 rings (SSSR count). The molecule has 2 unspecified atom stereocenters.